The molecule has 0 spiro atoms. The van der Waals surface area contributed by atoms with E-state index in [4.69, 9.17) is 23.7 Å². The predicted molar refractivity (Wildman–Crippen MR) is 129 cm³/mol. The zero-order valence-electron chi connectivity index (χ0n) is 23.7. The number of carbonyl (C=O) groups excluding carboxylic acids is 4. The predicted octanol–water partition coefficient (Wildman–Crippen LogP) is 3.17. The van der Waals surface area contributed by atoms with E-state index in [1.54, 1.807) is 83.1 Å². The third-order valence-corrected chi connectivity index (χ3v) is 5.13. The van der Waals surface area contributed by atoms with Crippen LogP contribution in [0, 0.1) is 21.7 Å². The summed E-state index contributed by atoms with van der Waals surface area (Å²) in [7, 11) is 0. The van der Waals surface area contributed by atoms with Crippen molar-refractivity contribution in [3.63, 3.8) is 0 Å². The van der Waals surface area contributed by atoms with Gasteiger partial charge in [-0.3, -0.25) is 19.2 Å². The van der Waals surface area contributed by atoms with E-state index in [1.807, 2.05) is 0 Å². The molecule has 0 bridgehead atoms. The van der Waals surface area contributed by atoms with E-state index in [2.05, 4.69) is 0 Å². The molecule has 1 aliphatic rings. The molecule has 36 heavy (non-hydrogen) atoms. The molecule has 1 rings (SSSR count). The van der Waals surface area contributed by atoms with Crippen molar-refractivity contribution in [3.05, 3.63) is 0 Å². The minimum absolute atomic E-state index is 0.482. The standard InChI is InChI=1S/C26H44O10/c1-23(2,3)19(28)32-13-14(27)15-16(34-20(29)24(4,5)6)17(35-21(30)25(7,8)9)18(33-15)36-22(31)26(10,11)12/h14-18,27H,13H2,1-12H3/t14?,15-,16?,17?,18-/m0/s1. The highest BCUT2D eigenvalue weighted by Gasteiger charge is 2.56. The van der Waals surface area contributed by atoms with Crippen LogP contribution in [0.4, 0.5) is 0 Å². The van der Waals surface area contributed by atoms with Gasteiger partial charge in [0.1, 0.15) is 18.8 Å². The molecule has 10 nitrogen and oxygen atoms in total. The van der Waals surface area contributed by atoms with Gasteiger partial charge >= 0.3 is 23.9 Å². The van der Waals surface area contributed by atoms with Gasteiger partial charge in [0.05, 0.1) is 21.7 Å². The number of hydrogen-bond donors (Lipinski definition) is 1. The lowest BCUT2D eigenvalue weighted by atomic mass is 9.96. The Morgan fingerprint density at radius 1 is 0.639 bits per heavy atom. The fraction of sp³-hybridized carbons (Fsp3) is 0.846. The SMILES string of the molecule is CC(C)(C)C(=O)OCC(O)[C@@H]1O[C@@H](OC(=O)C(C)(C)C)C(OC(=O)C(C)(C)C)C1OC(=O)C(C)(C)C. The van der Waals surface area contributed by atoms with Crippen LogP contribution in [0.25, 0.3) is 0 Å². The highest BCUT2D eigenvalue weighted by Crippen LogP contribution is 2.34. The Morgan fingerprint density at radius 2 is 1.00 bits per heavy atom. The van der Waals surface area contributed by atoms with Gasteiger partial charge in [-0.05, 0) is 83.1 Å². The van der Waals surface area contributed by atoms with Gasteiger partial charge in [0.2, 0.25) is 12.4 Å². The molecule has 3 unspecified atom stereocenters. The molecule has 1 saturated heterocycles. The molecular formula is C26H44O10. The summed E-state index contributed by atoms with van der Waals surface area (Å²) in [4.78, 5) is 50.5. The van der Waals surface area contributed by atoms with Crippen molar-refractivity contribution in [3.8, 4) is 0 Å². The highest BCUT2D eigenvalue weighted by atomic mass is 16.8. The molecule has 1 heterocycles. The van der Waals surface area contributed by atoms with Gasteiger partial charge in [-0.25, -0.2) is 0 Å². The molecular weight excluding hydrogens is 472 g/mol. The third-order valence-electron chi connectivity index (χ3n) is 5.13. The van der Waals surface area contributed by atoms with E-state index >= 15 is 0 Å². The van der Waals surface area contributed by atoms with Crippen molar-refractivity contribution >= 4 is 23.9 Å². The number of rotatable bonds is 6. The van der Waals surface area contributed by atoms with Crippen molar-refractivity contribution in [2.75, 3.05) is 6.61 Å². The average molecular weight is 517 g/mol. The van der Waals surface area contributed by atoms with Gasteiger partial charge in [-0.1, -0.05) is 0 Å². The first-order valence-corrected chi connectivity index (χ1v) is 12.1. The summed E-state index contributed by atoms with van der Waals surface area (Å²) >= 11 is 0. The minimum Gasteiger partial charge on any atom is -0.462 e. The van der Waals surface area contributed by atoms with Crippen molar-refractivity contribution in [2.24, 2.45) is 21.7 Å². The minimum atomic E-state index is -1.48. The van der Waals surface area contributed by atoms with Crippen LogP contribution in [-0.4, -0.2) is 66.3 Å². The maximum atomic E-state index is 12.8. The number of aliphatic hydroxyl groups excluding tert-OH is 1. The molecule has 0 amide bonds. The molecule has 0 aromatic carbocycles. The maximum absolute atomic E-state index is 12.8. The van der Waals surface area contributed by atoms with Gasteiger partial charge < -0.3 is 28.8 Å². The topological polar surface area (TPSA) is 135 Å². The Balaban J connectivity index is 3.39. The lowest BCUT2D eigenvalue weighted by Gasteiger charge is -2.30. The van der Waals surface area contributed by atoms with Crippen molar-refractivity contribution in [2.45, 2.75) is 114 Å². The summed E-state index contributed by atoms with van der Waals surface area (Å²) in [6.07, 6.45) is -6.99. The maximum Gasteiger partial charge on any atom is 0.313 e. The molecule has 5 atom stereocenters. The molecule has 0 aliphatic carbocycles. The van der Waals surface area contributed by atoms with Gasteiger partial charge in [-0.15, -0.1) is 0 Å². The normalized spacial score (nSPS) is 24.0. The van der Waals surface area contributed by atoms with Crippen molar-refractivity contribution in [1.29, 1.82) is 0 Å². The van der Waals surface area contributed by atoms with Crippen LogP contribution in [0.3, 0.4) is 0 Å². The van der Waals surface area contributed by atoms with Crippen LogP contribution < -0.4 is 0 Å². The van der Waals surface area contributed by atoms with E-state index in [0.717, 1.165) is 0 Å². The van der Waals surface area contributed by atoms with Crippen LogP contribution in [0.15, 0.2) is 0 Å². The van der Waals surface area contributed by atoms with Crippen LogP contribution in [0.5, 0.6) is 0 Å². The smallest absolute Gasteiger partial charge is 0.313 e. The highest BCUT2D eigenvalue weighted by molar-refractivity contribution is 5.78. The lowest BCUT2D eigenvalue weighted by molar-refractivity contribution is -0.210. The first-order chi connectivity index (χ1) is 16.0. The van der Waals surface area contributed by atoms with E-state index in [9.17, 15) is 24.3 Å². The largest absolute Gasteiger partial charge is 0.462 e. The van der Waals surface area contributed by atoms with E-state index < -0.39 is 82.8 Å². The molecule has 208 valence electrons. The van der Waals surface area contributed by atoms with Gasteiger partial charge in [-0.2, -0.15) is 0 Å². The first-order valence-electron chi connectivity index (χ1n) is 12.1. The number of aliphatic hydroxyl groups is 1. The number of ether oxygens (including phenoxy) is 5. The van der Waals surface area contributed by atoms with E-state index in [-0.39, 0.29) is 0 Å². The molecule has 0 aromatic rings. The van der Waals surface area contributed by atoms with Crippen LogP contribution in [-0.2, 0) is 42.9 Å². The average Bonchev–Trinajstić information content (AvgIpc) is 2.99. The molecule has 0 radical (unpaired) electrons. The number of hydrogen-bond acceptors (Lipinski definition) is 10. The van der Waals surface area contributed by atoms with Crippen LogP contribution >= 0.6 is 0 Å². The molecule has 1 aliphatic heterocycles. The molecule has 0 aromatic heterocycles. The monoisotopic (exact) mass is 516 g/mol. The Labute approximate surface area is 214 Å². The lowest BCUT2D eigenvalue weighted by Crippen LogP contribution is -2.48. The molecule has 1 N–H and O–H groups in total. The quantitative estimate of drug-likeness (QED) is 0.414. The van der Waals surface area contributed by atoms with Crippen LogP contribution in [0.2, 0.25) is 0 Å². The fourth-order valence-electron chi connectivity index (χ4n) is 2.67. The second-order valence-electron chi connectivity index (χ2n) is 13.3. The Morgan fingerprint density at radius 3 is 1.39 bits per heavy atom. The van der Waals surface area contributed by atoms with Gasteiger partial charge in [0, 0.05) is 0 Å². The number of esters is 4. The second-order valence-corrected chi connectivity index (χ2v) is 13.3. The van der Waals surface area contributed by atoms with Gasteiger partial charge in [0.25, 0.3) is 0 Å². The molecule has 0 saturated carbocycles. The van der Waals surface area contributed by atoms with E-state index in [1.165, 1.54) is 0 Å². The van der Waals surface area contributed by atoms with Crippen LogP contribution in [0.1, 0.15) is 83.1 Å². The van der Waals surface area contributed by atoms with Crippen molar-refractivity contribution < 1.29 is 48.0 Å². The summed E-state index contributed by atoms with van der Waals surface area (Å²) < 4.78 is 27.9. The fourth-order valence-corrected chi connectivity index (χ4v) is 2.67. The Kier molecular flexibility index (Phi) is 9.77. The molecule has 10 heteroatoms. The summed E-state index contributed by atoms with van der Waals surface area (Å²) in [5, 5.41) is 10.9. The zero-order valence-corrected chi connectivity index (χ0v) is 23.7. The summed E-state index contributed by atoms with van der Waals surface area (Å²) in [6, 6.07) is 0. The summed E-state index contributed by atoms with van der Waals surface area (Å²) in [6.45, 7) is 19.2. The van der Waals surface area contributed by atoms with Crippen molar-refractivity contribution in [1.82, 2.24) is 0 Å². The second kappa shape index (κ2) is 11.0. The first kappa shape index (κ1) is 31.8. The van der Waals surface area contributed by atoms with Gasteiger partial charge in [0.15, 0.2) is 6.10 Å². The Hall–Kier alpha value is -2.20. The zero-order chi connectivity index (χ0) is 28.4. The van der Waals surface area contributed by atoms with E-state index in [0.29, 0.717) is 0 Å². The molecule has 1 fully saturated rings. The summed E-state index contributed by atoms with van der Waals surface area (Å²) in [5.41, 5.74) is -3.61. The Bertz CT molecular complexity index is 820. The third kappa shape index (κ3) is 8.73. The summed E-state index contributed by atoms with van der Waals surface area (Å²) in [5.74, 6) is -2.52. The number of carbonyl (C=O) groups is 4.